The first-order valence-corrected chi connectivity index (χ1v) is 6.66. The number of nitrogens with one attached hydrogen (secondary N) is 2. The van der Waals surface area contributed by atoms with Crippen LogP contribution >= 0.6 is 12.4 Å². The molecule has 0 unspecified atom stereocenters. The zero-order valence-corrected chi connectivity index (χ0v) is 13.5. The third-order valence-corrected chi connectivity index (χ3v) is 2.94. The summed E-state index contributed by atoms with van der Waals surface area (Å²) in [5.74, 6) is -0.568. The van der Waals surface area contributed by atoms with Gasteiger partial charge in [-0.15, -0.1) is 12.4 Å². The van der Waals surface area contributed by atoms with Crippen LogP contribution in [-0.4, -0.2) is 24.9 Å². The number of hydrogen-bond donors (Lipinski definition) is 3. The maximum Gasteiger partial charge on any atom is 0.239 e. The van der Waals surface area contributed by atoms with Crippen LogP contribution in [0.2, 0.25) is 0 Å². The molecule has 0 saturated heterocycles. The van der Waals surface area contributed by atoms with Gasteiger partial charge in [-0.05, 0) is 16.5 Å². The molecule has 0 spiro atoms. The van der Waals surface area contributed by atoms with Crippen molar-refractivity contribution < 1.29 is 9.59 Å². The van der Waals surface area contributed by atoms with Crippen LogP contribution in [0.5, 0.6) is 0 Å². The Morgan fingerprint density at radius 3 is 2.10 bits per heavy atom. The van der Waals surface area contributed by atoms with E-state index in [9.17, 15) is 9.59 Å². The molecule has 0 radical (unpaired) electrons. The summed E-state index contributed by atoms with van der Waals surface area (Å²) >= 11 is 0. The maximum absolute atomic E-state index is 11.5. The summed E-state index contributed by atoms with van der Waals surface area (Å²) in [6, 6.07) is 8.13. The summed E-state index contributed by atoms with van der Waals surface area (Å²) < 4.78 is 0. The van der Waals surface area contributed by atoms with Crippen LogP contribution in [-0.2, 0) is 21.5 Å². The number of nitrogens with two attached hydrogens (primary N) is 1. The Balaban J connectivity index is 0.00000400. The summed E-state index contributed by atoms with van der Waals surface area (Å²) in [5.41, 5.74) is 7.53. The molecule has 21 heavy (non-hydrogen) atoms. The molecule has 0 aliphatic rings. The summed E-state index contributed by atoms with van der Waals surface area (Å²) in [6.45, 7) is 6.76. The molecule has 1 aromatic rings. The first-order chi connectivity index (χ1) is 9.32. The predicted octanol–water partition coefficient (Wildman–Crippen LogP) is 1.10. The van der Waals surface area contributed by atoms with Crippen LogP contribution in [0.3, 0.4) is 0 Å². The average Bonchev–Trinajstić information content (AvgIpc) is 2.41. The van der Waals surface area contributed by atoms with Gasteiger partial charge in [-0.3, -0.25) is 9.59 Å². The van der Waals surface area contributed by atoms with Gasteiger partial charge in [-0.2, -0.15) is 0 Å². The lowest BCUT2D eigenvalue weighted by atomic mass is 9.87. The summed E-state index contributed by atoms with van der Waals surface area (Å²) in [5, 5.41) is 5.16. The lowest BCUT2D eigenvalue weighted by molar-refractivity contribution is -0.125. The second kappa shape index (κ2) is 8.64. The minimum atomic E-state index is -0.338. The van der Waals surface area contributed by atoms with Crippen molar-refractivity contribution in [3.05, 3.63) is 35.4 Å². The molecule has 0 bridgehead atoms. The van der Waals surface area contributed by atoms with Gasteiger partial charge in [0.2, 0.25) is 11.8 Å². The smallest absolute Gasteiger partial charge is 0.239 e. The molecule has 4 N–H and O–H groups in total. The van der Waals surface area contributed by atoms with Gasteiger partial charge in [0.05, 0.1) is 13.1 Å². The highest BCUT2D eigenvalue weighted by Gasteiger charge is 2.12. The van der Waals surface area contributed by atoms with Crippen LogP contribution in [0.15, 0.2) is 24.3 Å². The van der Waals surface area contributed by atoms with E-state index in [0.717, 1.165) is 5.56 Å². The van der Waals surface area contributed by atoms with Crippen LogP contribution < -0.4 is 16.4 Å². The Bertz CT molecular complexity index is 467. The number of hydrogen-bond acceptors (Lipinski definition) is 3. The van der Waals surface area contributed by atoms with Gasteiger partial charge in [-0.1, -0.05) is 45.0 Å². The largest absolute Gasteiger partial charge is 0.350 e. The minimum absolute atomic E-state index is 0. The standard InChI is InChI=1S/C15H23N3O2.ClH/c1-15(2,3)12-6-4-11(5-7-12)9-17-14(20)10-18-13(19)8-16;/h4-7H,8-10,16H2,1-3H3,(H,17,20)(H,18,19);1H. The second-order valence-electron chi connectivity index (χ2n) is 5.70. The molecule has 118 valence electrons. The van der Waals surface area contributed by atoms with Crippen LogP contribution in [0.4, 0.5) is 0 Å². The van der Waals surface area contributed by atoms with E-state index in [1.54, 1.807) is 0 Å². The van der Waals surface area contributed by atoms with Crippen LogP contribution in [0.1, 0.15) is 31.9 Å². The number of halogens is 1. The van der Waals surface area contributed by atoms with E-state index in [2.05, 4.69) is 43.5 Å². The molecule has 5 nitrogen and oxygen atoms in total. The van der Waals surface area contributed by atoms with E-state index in [1.165, 1.54) is 5.56 Å². The Labute approximate surface area is 132 Å². The van der Waals surface area contributed by atoms with Crippen molar-refractivity contribution in [2.45, 2.75) is 32.7 Å². The molecule has 2 amide bonds. The Morgan fingerprint density at radius 2 is 1.62 bits per heavy atom. The predicted molar refractivity (Wildman–Crippen MR) is 86.3 cm³/mol. The fourth-order valence-corrected chi connectivity index (χ4v) is 1.64. The molecule has 0 heterocycles. The molecular formula is C15H24ClN3O2. The van der Waals surface area contributed by atoms with Gasteiger partial charge in [0.15, 0.2) is 0 Å². The molecule has 0 atom stereocenters. The number of carbonyl (C=O) groups excluding carboxylic acids is 2. The van der Waals surface area contributed by atoms with E-state index >= 15 is 0 Å². The number of carbonyl (C=O) groups is 2. The van der Waals surface area contributed by atoms with Crippen molar-refractivity contribution in [1.82, 2.24) is 10.6 Å². The van der Waals surface area contributed by atoms with E-state index in [0.29, 0.717) is 6.54 Å². The lowest BCUT2D eigenvalue weighted by Gasteiger charge is -2.19. The van der Waals surface area contributed by atoms with Gasteiger partial charge >= 0.3 is 0 Å². The van der Waals surface area contributed by atoms with Crippen LogP contribution in [0.25, 0.3) is 0 Å². The van der Waals surface area contributed by atoms with Gasteiger partial charge < -0.3 is 16.4 Å². The quantitative estimate of drug-likeness (QED) is 0.761. The maximum atomic E-state index is 11.5. The summed E-state index contributed by atoms with van der Waals surface area (Å²) in [4.78, 5) is 22.4. The Hall–Kier alpha value is -1.59. The Kier molecular flexibility index (Phi) is 7.99. The third kappa shape index (κ3) is 7.11. The normalized spacial score (nSPS) is 10.5. The van der Waals surface area contributed by atoms with Crippen molar-refractivity contribution in [3.8, 4) is 0 Å². The van der Waals surface area contributed by atoms with Crippen molar-refractivity contribution in [3.63, 3.8) is 0 Å². The van der Waals surface area contributed by atoms with E-state index in [1.807, 2.05) is 12.1 Å². The highest BCUT2D eigenvalue weighted by Crippen LogP contribution is 2.21. The van der Waals surface area contributed by atoms with E-state index in [-0.39, 0.29) is 42.7 Å². The lowest BCUT2D eigenvalue weighted by Crippen LogP contribution is -2.39. The van der Waals surface area contributed by atoms with Gasteiger partial charge in [0, 0.05) is 6.54 Å². The van der Waals surface area contributed by atoms with E-state index in [4.69, 9.17) is 5.73 Å². The molecule has 0 aliphatic heterocycles. The monoisotopic (exact) mass is 313 g/mol. The average molecular weight is 314 g/mol. The first kappa shape index (κ1) is 19.4. The number of rotatable bonds is 5. The molecule has 1 rings (SSSR count). The van der Waals surface area contributed by atoms with Crippen LogP contribution in [0, 0.1) is 0 Å². The zero-order valence-electron chi connectivity index (χ0n) is 12.7. The molecule has 0 aliphatic carbocycles. The fourth-order valence-electron chi connectivity index (χ4n) is 1.64. The van der Waals surface area contributed by atoms with Gasteiger partial charge in [-0.25, -0.2) is 0 Å². The SMILES string of the molecule is CC(C)(C)c1ccc(CNC(=O)CNC(=O)CN)cc1.Cl. The summed E-state index contributed by atoms with van der Waals surface area (Å²) in [7, 11) is 0. The number of benzene rings is 1. The third-order valence-electron chi connectivity index (χ3n) is 2.94. The molecule has 0 fully saturated rings. The Morgan fingerprint density at radius 1 is 1.05 bits per heavy atom. The molecule has 6 heteroatoms. The topological polar surface area (TPSA) is 84.2 Å². The van der Waals surface area contributed by atoms with Gasteiger partial charge in [0.25, 0.3) is 0 Å². The zero-order chi connectivity index (χ0) is 15.2. The fraction of sp³-hybridized carbons (Fsp3) is 0.467. The number of amides is 2. The second-order valence-corrected chi connectivity index (χ2v) is 5.70. The first-order valence-electron chi connectivity index (χ1n) is 6.66. The molecule has 0 saturated carbocycles. The molecular weight excluding hydrogens is 290 g/mol. The van der Waals surface area contributed by atoms with Gasteiger partial charge in [0.1, 0.15) is 0 Å². The van der Waals surface area contributed by atoms with Crippen molar-refractivity contribution in [1.29, 1.82) is 0 Å². The minimum Gasteiger partial charge on any atom is -0.350 e. The van der Waals surface area contributed by atoms with Crippen molar-refractivity contribution in [2.75, 3.05) is 13.1 Å². The highest BCUT2D eigenvalue weighted by atomic mass is 35.5. The van der Waals surface area contributed by atoms with E-state index < -0.39 is 0 Å². The molecule has 0 aromatic heterocycles. The molecule has 1 aromatic carbocycles. The van der Waals surface area contributed by atoms with Crippen molar-refractivity contribution >= 4 is 24.2 Å². The highest BCUT2D eigenvalue weighted by molar-refractivity contribution is 5.85. The van der Waals surface area contributed by atoms with Crippen molar-refractivity contribution in [2.24, 2.45) is 5.73 Å². The summed E-state index contributed by atoms with van der Waals surface area (Å²) in [6.07, 6.45) is 0.